The third-order valence-corrected chi connectivity index (χ3v) is 2.73. The van der Waals surface area contributed by atoms with E-state index in [-0.39, 0.29) is 12.5 Å². The lowest BCUT2D eigenvalue weighted by molar-refractivity contribution is -0.159. The van der Waals surface area contributed by atoms with Crippen molar-refractivity contribution in [2.24, 2.45) is 0 Å². The largest absolute Gasteiger partial charge is 0.495 e. The Kier molecular flexibility index (Phi) is 8.24. The lowest BCUT2D eigenvalue weighted by atomic mass is 10.3. The molecule has 134 valence electrons. The number of furan rings is 1. The van der Waals surface area contributed by atoms with Crippen LogP contribution in [0.25, 0.3) is 0 Å². The number of benzene rings is 1. The van der Waals surface area contributed by atoms with Gasteiger partial charge in [0.1, 0.15) is 11.5 Å². The highest BCUT2D eigenvalue weighted by Crippen LogP contribution is 2.22. The first kappa shape index (κ1) is 19.7. The molecular weight excluding hydrogens is 332 g/mol. The first-order chi connectivity index (χ1) is 11.9. The highest BCUT2D eigenvalue weighted by Gasteiger charge is 2.06. The Morgan fingerprint density at radius 2 is 1.76 bits per heavy atom. The molecule has 1 amide bonds. The summed E-state index contributed by atoms with van der Waals surface area (Å²) in [4.78, 5) is 29.9. The topological polar surface area (TPSA) is 138 Å². The summed E-state index contributed by atoms with van der Waals surface area (Å²) in [5, 5.41) is 20.6. The maximum Gasteiger partial charge on any atom is 0.414 e. The van der Waals surface area contributed by atoms with Crippen molar-refractivity contribution in [1.29, 1.82) is 0 Å². The van der Waals surface area contributed by atoms with E-state index < -0.39 is 11.9 Å². The lowest BCUT2D eigenvalue weighted by Crippen LogP contribution is -2.27. The Morgan fingerprint density at radius 1 is 1.08 bits per heavy atom. The SMILES string of the molecule is COc1ccccc1NC(=O)CNCc1ccco1.O=C(O)C(=O)O. The summed E-state index contributed by atoms with van der Waals surface area (Å²) in [5.74, 6) is -2.34. The van der Waals surface area contributed by atoms with Crippen LogP contribution in [-0.2, 0) is 20.9 Å². The molecule has 1 aromatic heterocycles. The predicted octanol–water partition coefficient (Wildman–Crippen LogP) is 1.17. The van der Waals surface area contributed by atoms with Crippen LogP contribution in [0.5, 0.6) is 5.75 Å². The Labute approximate surface area is 143 Å². The quantitative estimate of drug-likeness (QED) is 0.570. The van der Waals surface area contributed by atoms with Crippen LogP contribution in [-0.4, -0.2) is 41.7 Å². The minimum absolute atomic E-state index is 0.129. The average molecular weight is 350 g/mol. The van der Waals surface area contributed by atoms with Crippen LogP contribution in [0.2, 0.25) is 0 Å². The normalized spacial score (nSPS) is 9.48. The molecule has 25 heavy (non-hydrogen) atoms. The second kappa shape index (κ2) is 10.4. The maximum absolute atomic E-state index is 11.7. The van der Waals surface area contributed by atoms with Crippen molar-refractivity contribution in [3.63, 3.8) is 0 Å². The number of hydrogen-bond acceptors (Lipinski definition) is 6. The summed E-state index contributed by atoms with van der Waals surface area (Å²) < 4.78 is 10.3. The number of hydrogen-bond donors (Lipinski definition) is 4. The van der Waals surface area contributed by atoms with Gasteiger partial charge in [-0.05, 0) is 24.3 Å². The number of carboxylic acid groups (broad SMARTS) is 2. The number of nitrogens with one attached hydrogen (secondary N) is 2. The number of amides is 1. The Bertz CT molecular complexity index is 686. The third kappa shape index (κ3) is 7.66. The fourth-order valence-electron chi connectivity index (χ4n) is 1.65. The molecule has 0 spiro atoms. The van der Waals surface area contributed by atoms with Crippen LogP contribution < -0.4 is 15.4 Å². The number of anilines is 1. The molecule has 0 bridgehead atoms. The van der Waals surface area contributed by atoms with Gasteiger partial charge >= 0.3 is 11.9 Å². The van der Waals surface area contributed by atoms with E-state index in [2.05, 4.69) is 10.6 Å². The van der Waals surface area contributed by atoms with E-state index in [0.717, 1.165) is 5.76 Å². The van der Waals surface area contributed by atoms with Gasteiger partial charge in [-0.15, -0.1) is 0 Å². The monoisotopic (exact) mass is 350 g/mol. The smallest absolute Gasteiger partial charge is 0.414 e. The molecule has 2 rings (SSSR count). The van der Waals surface area contributed by atoms with E-state index in [1.807, 2.05) is 24.3 Å². The van der Waals surface area contributed by atoms with Crippen molar-refractivity contribution in [3.05, 3.63) is 48.4 Å². The highest BCUT2D eigenvalue weighted by atomic mass is 16.5. The second-order valence-electron chi connectivity index (χ2n) is 4.54. The fraction of sp³-hybridized carbons (Fsp3) is 0.188. The maximum atomic E-state index is 11.7. The molecule has 0 aliphatic carbocycles. The zero-order valence-electron chi connectivity index (χ0n) is 13.4. The van der Waals surface area contributed by atoms with Crippen LogP contribution in [0.3, 0.4) is 0 Å². The van der Waals surface area contributed by atoms with Gasteiger partial charge in [-0.3, -0.25) is 4.79 Å². The summed E-state index contributed by atoms with van der Waals surface area (Å²) in [5.41, 5.74) is 0.662. The van der Waals surface area contributed by atoms with Crippen molar-refractivity contribution >= 4 is 23.5 Å². The van der Waals surface area contributed by atoms with Gasteiger partial charge in [-0.1, -0.05) is 12.1 Å². The number of ether oxygens (including phenoxy) is 1. The Balaban J connectivity index is 0.000000450. The molecule has 0 radical (unpaired) electrons. The predicted molar refractivity (Wildman–Crippen MR) is 87.3 cm³/mol. The first-order valence-corrected chi connectivity index (χ1v) is 7.06. The standard InChI is InChI=1S/C14H16N2O3.C2H2O4/c1-18-13-7-3-2-6-12(13)16-14(17)10-15-9-11-5-4-8-19-11;3-1(4)2(5)6/h2-8,15H,9-10H2,1H3,(H,16,17);(H,3,4)(H,5,6). The van der Waals surface area contributed by atoms with Gasteiger partial charge < -0.3 is 30.0 Å². The van der Waals surface area contributed by atoms with Gasteiger partial charge in [-0.2, -0.15) is 0 Å². The minimum Gasteiger partial charge on any atom is -0.495 e. The summed E-state index contributed by atoms with van der Waals surface area (Å²) in [6, 6.07) is 10.9. The fourth-order valence-corrected chi connectivity index (χ4v) is 1.65. The molecule has 1 aromatic carbocycles. The molecule has 0 aliphatic heterocycles. The lowest BCUT2D eigenvalue weighted by Gasteiger charge is -2.09. The molecule has 1 heterocycles. The van der Waals surface area contributed by atoms with Gasteiger partial charge in [0.15, 0.2) is 0 Å². The van der Waals surface area contributed by atoms with Gasteiger partial charge in [0, 0.05) is 0 Å². The molecule has 9 nitrogen and oxygen atoms in total. The number of rotatable bonds is 6. The minimum atomic E-state index is -1.82. The van der Waals surface area contributed by atoms with Gasteiger partial charge in [0.25, 0.3) is 0 Å². The van der Waals surface area contributed by atoms with Gasteiger partial charge in [0.2, 0.25) is 5.91 Å². The van der Waals surface area contributed by atoms with Gasteiger partial charge in [-0.25, -0.2) is 9.59 Å². The number of methoxy groups -OCH3 is 1. The molecule has 0 saturated heterocycles. The third-order valence-electron chi connectivity index (χ3n) is 2.73. The number of carboxylic acids is 2. The molecular formula is C16H18N2O7. The van der Waals surface area contributed by atoms with E-state index in [9.17, 15) is 4.79 Å². The van der Waals surface area contributed by atoms with E-state index in [0.29, 0.717) is 18.0 Å². The summed E-state index contributed by atoms with van der Waals surface area (Å²) in [6.45, 7) is 0.727. The van der Waals surface area contributed by atoms with E-state index in [1.165, 1.54) is 0 Å². The number of carbonyl (C=O) groups excluding carboxylic acids is 1. The number of carbonyl (C=O) groups is 3. The Hall–Kier alpha value is -3.33. The Morgan fingerprint density at radius 3 is 2.32 bits per heavy atom. The molecule has 0 saturated carbocycles. The van der Waals surface area contributed by atoms with Crippen LogP contribution in [0.15, 0.2) is 47.1 Å². The molecule has 2 aromatic rings. The van der Waals surface area contributed by atoms with Crippen LogP contribution in [0.1, 0.15) is 5.76 Å². The zero-order chi connectivity index (χ0) is 18.7. The van der Waals surface area contributed by atoms with Crippen molar-refractivity contribution in [3.8, 4) is 5.75 Å². The second-order valence-corrected chi connectivity index (χ2v) is 4.54. The van der Waals surface area contributed by atoms with Gasteiger partial charge in [0.05, 0.1) is 32.1 Å². The van der Waals surface area contributed by atoms with Crippen molar-refractivity contribution in [1.82, 2.24) is 5.32 Å². The highest BCUT2D eigenvalue weighted by molar-refractivity contribution is 6.27. The van der Waals surface area contributed by atoms with E-state index in [4.69, 9.17) is 29.0 Å². The molecule has 0 atom stereocenters. The molecule has 0 unspecified atom stereocenters. The molecule has 9 heteroatoms. The summed E-state index contributed by atoms with van der Waals surface area (Å²) >= 11 is 0. The van der Waals surface area contributed by atoms with Crippen molar-refractivity contribution in [2.75, 3.05) is 19.0 Å². The van der Waals surface area contributed by atoms with Crippen LogP contribution in [0.4, 0.5) is 5.69 Å². The molecule has 0 aliphatic rings. The van der Waals surface area contributed by atoms with Crippen LogP contribution in [0, 0.1) is 0 Å². The van der Waals surface area contributed by atoms with Crippen molar-refractivity contribution < 1.29 is 33.8 Å². The summed E-state index contributed by atoms with van der Waals surface area (Å²) in [6.07, 6.45) is 1.60. The zero-order valence-corrected chi connectivity index (χ0v) is 13.4. The molecule has 4 N–H and O–H groups in total. The average Bonchev–Trinajstić information content (AvgIpc) is 3.09. The van der Waals surface area contributed by atoms with Crippen molar-refractivity contribution in [2.45, 2.75) is 6.54 Å². The number of aliphatic carboxylic acids is 2. The van der Waals surface area contributed by atoms with Crippen LogP contribution >= 0.6 is 0 Å². The number of para-hydroxylation sites is 2. The summed E-state index contributed by atoms with van der Waals surface area (Å²) in [7, 11) is 1.57. The molecule has 0 fully saturated rings. The first-order valence-electron chi connectivity index (χ1n) is 7.06. The van der Waals surface area contributed by atoms with E-state index >= 15 is 0 Å². The van der Waals surface area contributed by atoms with E-state index in [1.54, 1.807) is 25.5 Å².